The zero-order valence-electron chi connectivity index (χ0n) is 12.9. The Balaban J connectivity index is 1.82. The van der Waals surface area contributed by atoms with E-state index in [-0.39, 0.29) is 12.8 Å². The largest absolute Gasteiger partial charge is 0.441 e. The van der Waals surface area contributed by atoms with Gasteiger partial charge in [0.05, 0.1) is 12.7 Å². The fraction of sp³-hybridized carbons (Fsp3) is 0.375. The molecule has 24 heavy (non-hydrogen) atoms. The minimum atomic E-state index is -4.75. The van der Waals surface area contributed by atoms with Gasteiger partial charge in [-0.2, -0.15) is 13.2 Å². The first kappa shape index (κ1) is 18.0. The molecule has 0 fully saturated rings. The topological polar surface area (TPSA) is 75.4 Å². The van der Waals surface area contributed by atoms with Gasteiger partial charge in [0, 0.05) is 18.4 Å². The van der Waals surface area contributed by atoms with Crippen LogP contribution in [-0.4, -0.2) is 34.8 Å². The van der Waals surface area contributed by atoms with Crippen LogP contribution in [-0.2, 0) is 11.2 Å². The number of oxazole rings is 1. The molecule has 0 saturated heterocycles. The second-order valence-electron chi connectivity index (χ2n) is 5.35. The summed E-state index contributed by atoms with van der Waals surface area (Å²) < 4.78 is 41.9. The van der Waals surface area contributed by atoms with Gasteiger partial charge in [-0.05, 0) is 6.92 Å². The predicted octanol–water partition coefficient (Wildman–Crippen LogP) is 2.62. The van der Waals surface area contributed by atoms with Gasteiger partial charge in [0.1, 0.15) is 0 Å². The third-order valence-corrected chi connectivity index (χ3v) is 3.33. The highest BCUT2D eigenvalue weighted by atomic mass is 19.4. The summed E-state index contributed by atoms with van der Waals surface area (Å²) in [6.45, 7) is 1.09. The molecule has 1 heterocycles. The summed E-state index contributed by atoms with van der Waals surface area (Å²) in [5.41, 5.74) is 1.95. The Morgan fingerprint density at radius 1 is 1.33 bits per heavy atom. The molecule has 0 bridgehead atoms. The molecule has 0 aliphatic heterocycles. The number of nitrogens with zero attached hydrogens (tertiary/aromatic N) is 1. The van der Waals surface area contributed by atoms with Crippen molar-refractivity contribution >= 4 is 5.91 Å². The summed E-state index contributed by atoms with van der Waals surface area (Å²) in [6.07, 6.45) is -5.72. The number of aromatic nitrogens is 1. The molecular weight excluding hydrogens is 325 g/mol. The summed E-state index contributed by atoms with van der Waals surface area (Å²) in [7, 11) is 0. The summed E-state index contributed by atoms with van der Waals surface area (Å²) in [5.74, 6) is 0.253. The number of hydrogen-bond donors (Lipinski definition) is 2. The van der Waals surface area contributed by atoms with Crippen LogP contribution in [0.25, 0.3) is 11.3 Å². The normalized spacial score (nSPS) is 12.9. The van der Waals surface area contributed by atoms with Crippen molar-refractivity contribution in [2.24, 2.45) is 0 Å². The van der Waals surface area contributed by atoms with Crippen LogP contribution < -0.4 is 5.32 Å². The molecule has 2 rings (SSSR count). The molecule has 2 N–H and O–H groups in total. The van der Waals surface area contributed by atoms with E-state index >= 15 is 0 Å². The number of hydrogen-bond acceptors (Lipinski definition) is 4. The lowest BCUT2D eigenvalue weighted by atomic mass is 10.1. The zero-order chi connectivity index (χ0) is 17.7. The highest BCUT2D eigenvalue weighted by Crippen LogP contribution is 2.21. The predicted molar refractivity (Wildman–Crippen MR) is 80.1 cm³/mol. The maximum absolute atomic E-state index is 12.1. The van der Waals surface area contributed by atoms with Crippen LogP contribution in [0.15, 0.2) is 34.9 Å². The van der Waals surface area contributed by atoms with Gasteiger partial charge in [-0.15, -0.1) is 0 Å². The number of halogens is 3. The van der Waals surface area contributed by atoms with Crippen LogP contribution in [0.4, 0.5) is 13.2 Å². The van der Waals surface area contributed by atoms with Gasteiger partial charge in [0.15, 0.2) is 17.8 Å². The number of benzene rings is 1. The van der Waals surface area contributed by atoms with Crippen LogP contribution in [0.1, 0.15) is 17.9 Å². The van der Waals surface area contributed by atoms with E-state index < -0.39 is 24.7 Å². The first-order valence-electron chi connectivity index (χ1n) is 7.29. The van der Waals surface area contributed by atoms with Gasteiger partial charge < -0.3 is 14.8 Å². The van der Waals surface area contributed by atoms with Crippen molar-refractivity contribution in [3.63, 3.8) is 0 Å². The Morgan fingerprint density at radius 2 is 2.00 bits per heavy atom. The first-order valence-corrected chi connectivity index (χ1v) is 7.29. The van der Waals surface area contributed by atoms with Gasteiger partial charge in [-0.3, -0.25) is 4.79 Å². The second kappa shape index (κ2) is 7.48. The maximum atomic E-state index is 12.1. The van der Waals surface area contributed by atoms with E-state index in [4.69, 9.17) is 9.52 Å². The summed E-state index contributed by atoms with van der Waals surface area (Å²) in [5, 5.41) is 10.8. The lowest BCUT2D eigenvalue weighted by Gasteiger charge is -2.14. The number of aryl methyl sites for hydroxylation is 2. The van der Waals surface area contributed by atoms with E-state index in [9.17, 15) is 18.0 Å². The molecular formula is C16H17F3N2O3. The average Bonchev–Trinajstić information content (AvgIpc) is 2.99. The molecule has 1 amide bonds. The number of carbonyl (C=O) groups is 1. The number of rotatable bonds is 6. The number of amides is 1. The van der Waals surface area contributed by atoms with Crippen LogP contribution in [0.5, 0.6) is 0 Å². The van der Waals surface area contributed by atoms with Crippen molar-refractivity contribution in [3.05, 3.63) is 41.9 Å². The fourth-order valence-electron chi connectivity index (χ4n) is 1.91. The third-order valence-electron chi connectivity index (χ3n) is 3.33. The zero-order valence-corrected chi connectivity index (χ0v) is 12.9. The molecule has 2 aromatic rings. The molecule has 0 aliphatic rings. The molecule has 130 valence electrons. The summed E-state index contributed by atoms with van der Waals surface area (Å²) in [6, 6.07) is 7.61. The molecule has 1 aromatic carbocycles. The van der Waals surface area contributed by atoms with Gasteiger partial charge in [0.25, 0.3) is 0 Å². The Hall–Kier alpha value is -2.35. The highest BCUT2D eigenvalue weighted by molar-refractivity contribution is 5.76. The monoisotopic (exact) mass is 342 g/mol. The number of carbonyl (C=O) groups excluding carboxylic acids is 1. The van der Waals surface area contributed by atoms with E-state index in [0.29, 0.717) is 11.7 Å². The number of nitrogens with one attached hydrogen (secondary N) is 1. The van der Waals surface area contributed by atoms with Crippen LogP contribution in [0.2, 0.25) is 0 Å². The molecule has 1 aromatic heterocycles. The van der Waals surface area contributed by atoms with Crippen LogP contribution in [0.3, 0.4) is 0 Å². The molecule has 0 radical (unpaired) electrons. The maximum Gasteiger partial charge on any atom is 0.416 e. The van der Waals surface area contributed by atoms with Crippen molar-refractivity contribution in [1.82, 2.24) is 10.3 Å². The van der Waals surface area contributed by atoms with Gasteiger partial charge in [0.2, 0.25) is 5.91 Å². The van der Waals surface area contributed by atoms with E-state index in [1.54, 1.807) is 0 Å². The average molecular weight is 342 g/mol. The molecule has 0 aliphatic carbocycles. The third kappa shape index (κ3) is 5.09. The molecule has 0 unspecified atom stereocenters. The summed E-state index contributed by atoms with van der Waals surface area (Å²) >= 11 is 0. The van der Waals surface area contributed by atoms with Crippen molar-refractivity contribution in [1.29, 1.82) is 0 Å². The van der Waals surface area contributed by atoms with Crippen molar-refractivity contribution in [2.45, 2.75) is 32.0 Å². The van der Waals surface area contributed by atoms with Crippen LogP contribution >= 0.6 is 0 Å². The van der Waals surface area contributed by atoms with E-state index in [0.717, 1.165) is 11.1 Å². The Morgan fingerprint density at radius 3 is 2.62 bits per heavy atom. The Bertz CT molecular complexity index is 681. The quantitative estimate of drug-likeness (QED) is 0.846. The Kier molecular flexibility index (Phi) is 5.61. The molecule has 1 atom stereocenters. The lowest BCUT2D eigenvalue weighted by Crippen LogP contribution is -2.40. The van der Waals surface area contributed by atoms with E-state index in [1.807, 2.05) is 36.5 Å². The van der Waals surface area contributed by atoms with Gasteiger partial charge >= 0.3 is 6.18 Å². The minimum Gasteiger partial charge on any atom is -0.441 e. The van der Waals surface area contributed by atoms with Crippen molar-refractivity contribution in [3.8, 4) is 11.3 Å². The second-order valence-corrected chi connectivity index (χ2v) is 5.35. The standard InChI is InChI=1S/C16H17F3N2O3/c1-10-2-4-11(5-3-10)12-8-21-15(24-12)7-6-14(23)20-9-13(22)16(17,18)19/h2-5,8,13,22H,6-7,9H2,1H3,(H,20,23)/t13-/m1/s1. The number of aliphatic hydroxyl groups is 1. The molecule has 0 spiro atoms. The number of alkyl halides is 3. The molecule has 8 heteroatoms. The van der Waals surface area contributed by atoms with Crippen LogP contribution in [0, 0.1) is 6.92 Å². The summed E-state index contributed by atoms with van der Waals surface area (Å²) in [4.78, 5) is 15.5. The molecule has 5 nitrogen and oxygen atoms in total. The fourth-order valence-corrected chi connectivity index (χ4v) is 1.91. The van der Waals surface area contributed by atoms with Crippen molar-refractivity contribution in [2.75, 3.05) is 6.54 Å². The van der Waals surface area contributed by atoms with Crippen molar-refractivity contribution < 1.29 is 27.5 Å². The van der Waals surface area contributed by atoms with Gasteiger partial charge in [-0.1, -0.05) is 29.8 Å². The number of aliphatic hydroxyl groups excluding tert-OH is 1. The lowest BCUT2D eigenvalue weighted by molar-refractivity contribution is -0.201. The highest BCUT2D eigenvalue weighted by Gasteiger charge is 2.38. The minimum absolute atomic E-state index is 0.0849. The SMILES string of the molecule is Cc1ccc(-c2cnc(CCC(=O)NC[C@@H](O)C(F)(F)F)o2)cc1. The van der Waals surface area contributed by atoms with Gasteiger partial charge in [-0.25, -0.2) is 4.98 Å². The van der Waals surface area contributed by atoms with E-state index in [2.05, 4.69) is 4.98 Å². The smallest absolute Gasteiger partial charge is 0.416 e. The van der Waals surface area contributed by atoms with E-state index in [1.165, 1.54) is 6.20 Å². The molecule has 0 saturated carbocycles. The Labute approximate surface area is 136 Å². The first-order chi connectivity index (χ1) is 11.3.